The van der Waals surface area contributed by atoms with Gasteiger partial charge in [-0.1, -0.05) is 6.92 Å². The molecule has 114 valence electrons. The van der Waals surface area contributed by atoms with Gasteiger partial charge >= 0.3 is 0 Å². The Balaban J connectivity index is 1.99. The van der Waals surface area contributed by atoms with Crippen LogP contribution in [0.5, 0.6) is 11.5 Å². The first-order valence-corrected chi connectivity index (χ1v) is 7.68. The van der Waals surface area contributed by atoms with E-state index in [0.717, 1.165) is 46.1 Å². The van der Waals surface area contributed by atoms with Crippen molar-refractivity contribution in [2.45, 2.75) is 27.0 Å². The van der Waals surface area contributed by atoms with Gasteiger partial charge in [-0.3, -0.25) is 0 Å². The standard InChI is InChI=1S/C16H20BrNO3/c1-4-18-9-16-11(2)7-13(21-16)10-20-15-6-5-12(19-3)8-14(15)17/h5-8,18H,4,9-10H2,1-3H3. The molecule has 1 heterocycles. The summed E-state index contributed by atoms with van der Waals surface area (Å²) >= 11 is 3.47. The Morgan fingerprint density at radius 2 is 2.10 bits per heavy atom. The van der Waals surface area contributed by atoms with Crippen LogP contribution in [0.25, 0.3) is 0 Å². The summed E-state index contributed by atoms with van der Waals surface area (Å²) in [6, 6.07) is 7.63. The number of aryl methyl sites for hydroxylation is 1. The van der Waals surface area contributed by atoms with E-state index in [-0.39, 0.29) is 0 Å². The molecule has 1 aromatic carbocycles. The summed E-state index contributed by atoms with van der Waals surface area (Å²) < 4.78 is 17.6. The maximum Gasteiger partial charge on any atom is 0.146 e. The molecule has 2 rings (SSSR count). The van der Waals surface area contributed by atoms with Crippen LogP contribution < -0.4 is 14.8 Å². The lowest BCUT2D eigenvalue weighted by atomic mass is 10.2. The Hall–Kier alpha value is -1.46. The summed E-state index contributed by atoms with van der Waals surface area (Å²) in [4.78, 5) is 0. The molecule has 0 spiro atoms. The fourth-order valence-corrected chi connectivity index (χ4v) is 2.42. The molecular formula is C16H20BrNO3. The third kappa shape index (κ3) is 4.25. The van der Waals surface area contributed by atoms with Crippen LogP contribution in [-0.2, 0) is 13.2 Å². The summed E-state index contributed by atoms with van der Waals surface area (Å²) in [5.41, 5.74) is 1.14. The van der Waals surface area contributed by atoms with Gasteiger partial charge in [0.25, 0.3) is 0 Å². The number of nitrogens with one attached hydrogen (secondary N) is 1. The molecule has 0 aliphatic heterocycles. The molecule has 21 heavy (non-hydrogen) atoms. The van der Waals surface area contributed by atoms with Crippen LogP contribution in [0.4, 0.5) is 0 Å². The van der Waals surface area contributed by atoms with Gasteiger partial charge in [-0.15, -0.1) is 0 Å². The molecule has 0 aliphatic rings. The van der Waals surface area contributed by atoms with Gasteiger partial charge in [0.1, 0.15) is 29.6 Å². The maximum absolute atomic E-state index is 5.80. The molecule has 0 saturated carbocycles. The summed E-state index contributed by atoms with van der Waals surface area (Å²) in [5, 5.41) is 3.26. The van der Waals surface area contributed by atoms with E-state index in [0.29, 0.717) is 6.61 Å². The maximum atomic E-state index is 5.80. The highest BCUT2D eigenvalue weighted by atomic mass is 79.9. The molecule has 0 fully saturated rings. The monoisotopic (exact) mass is 353 g/mol. The second kappa shape index (κ2) is 7.52. The average molecular weight is 354 g/mol. The molecular weight excluding hydrogens is 334 g/mol. The second-order valence-corrected chi connectivity index (χ2v) is 5.54. The molecule has 0 atom stereocenters. The van der Waals surface area contributed by atoms with Crippen molar-refractivity contribution in [2.24, 2.45) is 0 Å². The predicted octanol–water partition coefficient (Wildman–Crippen LogP) is 4.05. The van der Waals surface area contributed by atoms with Gasteiger partial charge in [0.15, 0.2) is 0 Å². The van der Waals surface area contributed by atoms with Crippen LogP contribution in [0.3, 0.4) is 0 Å². The molecule has 1 aromatic heterocycles. The molecule has 4 nitrogen and oxygen atoms in total. The highest BCUT2D eigenvalue weighted by Crippen LogP contribution is 2.30. The quantitative estimate of drug-likeness (QED) is 0.815. The largest absolute Gasteiger partial charge is 0.497 e. The minimum Gasteiger partial charge on any atom is -0.497 e. The smallest absolute Gasteiger partial charge is 0.146 e. The summed E-state index contributed by atoms with van der Waals surface area (Å²) in [7, 11) is 1.64. The van der Waals surface area contributed by atoms with Crippen LogP contribution in [0.15, 0.2) is 33.2 Å². The third-order valence-corrected chi connectivity index (χ3v) is 3.74. The van der Waals surface area contributed by atoms with Crippen LogP contribution in [0.2, 0.25) is 0 Å². The molecule has 1 N–H and O–H groups in total. The minimum atomic E-state index is 0.401. The van der Waals surface area contributed by atoms with E-state index in [1.165, 1.54) is 0 Å². The van der Waals surface area contributed by atoms with Gasteiger partial charge in [0.2, 0.25) is 0 Å². The third-order valence-electron chi connectivity index (χ3n) is 3.12. The van der Waals surface area contributed by atoms with Gasteiger partial charge in [0, 0.05) is 0 Å². The number of rotatable bonds is 7. The number of benzene rings is 1. The Kier molecular flexibility index (Phi) is 5.70. The molecule has 0 radical (unpaired) electrons. The summed E-state index contributed by atoms with van der Waals surface area (Å²) in [6.45, 7) is 6.18. The SMILES string of the molecule is CCNCc1oc(COc2ccc(OC)cc2Br)cc1C. The van der Waals surface area contributed by atoms with E-state index in [1.54, 1.807) is 7.11 Å². The van der Waals surface area contributed by atoms with Crippen molar-refractivity contribution in [3.8, 4) is 11.5 Å². The van der Waals surface area contributed by atoms with Crippen molar-refractivity contribution in [3.05, 3.63) is 45.8 Å². The van der Waals surface area contributed by atoms with Crippen molar-refractivity contribution >= 4 is 15.9 Å². The van der Waals surface area contributed by atoms with Crippen molar-refractivity contribution < 1.29 is 13.9 Å². The van der Waals surface area contributed by atoms with Gasteiger partial charge in [0.05, 0.1) is 18.1 Å². The Morgan fingerprint density at radius 3 is 2.76 bits per heavy atom. The predicted molar refractivity (Wildman–Crippen MR) is 85.9 cm³/mol. The molecule has 0 bridgehead atoms. The summed E-state index contributed by atoms with van der Waals surface area (Å²) in [5.74, 6) is 3.33. The van der Waals surface area contributed by atoms with E-state index in [1.807, 2.05) is 31.2 Å². The number of furan rings is 1. The molecule has 2 aromatic rings. The van der Waals surface area contributed by atoms with E-state index in [4.69, 9.17) is 13.9 Å². The average Bonchev–Trinajstić information content (AvgIpc) is 2.84. The minimum absolute atomic E-state index is 0.401. The van der Waals surface area contributed by atoms with E-state index < -0.39 is 0 Å². The second-order valence-electron chi connectivity index (χ2n) is 4.68. The lowest BCUT2D eigenvalue weighted by Crippen LogP contribution is -2.11. The molecule has 5 heteroatoms. The molecule has 0 saturated heterocycles. The van der Waals surface area contributed by atoms with Crippen molar-refractivity contribution in [1.82, 2.24) is 5.32 Å². The molecule has 0 unspecified atom stereocenters. The molecule has 0 amide bonds. The van der Waals surface area contributed by atoms with E-state index >= 15 is 0 Å². The van der Waals surface area contributed by atoms with Crippen molar-refractivity contribution in [1.29, 1.82) is 0 Å². The van der Waals surface area contributed by atoms with E-state index in [2.05, 4.69) is 28.2 Å². The highest BCUT2D eigenvalue weighted by molar-refractivity contribution is 9.10. The van der Waals surface area contributed by atoms with Gasteiger partial charge in [-0.05, 0) is 59.2 Å². The fourth-order valence-electron chi connectivity index (χ4n) is 1.95. The number of hydrogen-bond donors (Lipinski definition) is 1. The molecule has 0 aliphatic carbocycles. The lowest BCUT2D eigenvalue weighted by molar-refractivity contribution is 0.263. The van der Waals surface area contributed by atoms with Crippen LogP contribution in [-0.4, -0.2) is 13.7 Å². The Morgan fingerprint density at radius 1 is 1.29 bits per heavy atom. The van der Waals surface area contributed by atoms with Crippen LogP contribution >= 0.6 is 15.9 Å². The number of hydrogen-bond acceptors (Lipinski definition) is 4. The van der Waals surface area contributed by atoms with Crippen molar-refractivity contribution in [2.75, 3.05) is 13.7 Å². The van der Waals surface area contributed by atoms with Crippen LogP contribution in [0, 0.1) is 6.92 Å². The lowest BCUT2D eigenvalue weighted by Gasteiger charge is -2.08. The number of halogens is 1. The first-order chi connectivity index (χ1) is 10.1. The zero-order valence-electron chi connectivity index (χ0n) is 12.5. The topological polar surface area (TPSA) is 43.6 Å². The Labute approximate surface area is 133 Å². The van der Waals surface area contributed by atoms with Gasteiger partial charge < -0.3 is 19.2 Å². The zero-order chi connectivity index (χ0) is 15.2. The first kappa shape index (κ1) is 15.9. The normalized spacial score (nSPS) is 10.7. The van der Waals surface area contributed by atoms with Crippen molar-refractivity contribution in [3.63, 3.8) is 0 Å². The van der Waals surface area contributed by atoms with Crippen LogP contribution in [0.1, 0.15) is 24.0 Å². The first-order valence-electron chi connectivity index (χ1n) is 6.89. The fraction of sp³-hybridized carbons (Fsp3) is 0.375. The van der Waals surface area contributed by atoms with E-state index in [9.17, 15) is 0 Å². The number of ether oxygens (including phenoxy) is 2. The van der Waals surface area contributed by atoms with Gasteiger partial charge in [-0.2, -0.15) is 0 Å². The van der Waals surface area contributed by atoms with Gasteiger partial charge in [-0.25, -0.2) is 0 Å². The Bertz CT molecular complexity index is 595. The number of methoxy groups -OCH3 is 1. The highest BCUT2D eigenvalue weighted by Gasteiger charge is 2.09. The zero-order valence-corrected chi connectivity index (χ0v) is 14.1. The summed E-state index contributed by atoms with van der Waals surface area (Å²) in [6.07, 6.45) is 0.